The predicted molar refractivity (Wildman–Crippen MR) is 175 cm³/mol. The summed E-state index contributed by atoms with van der Waals surface area (Å²) in [5.74, 6) is -0.422. The third-order valence-corrected chi connectivity index (χ3v) is 10.1. The van der Waals surface area contributed by atoms with E-state index in [0.717, 1.165) is 30.3 Å². The molecule has 250 valence electrons. The van der Waals surface area contributed by atoms with Gasteiger partial charge in [0.2, 0.25) is 5.91 Å². The normalized spacial score (nSPS) is 17.5. The molecule has 0 radical (unpaired) electrons. The number of nitrogens with zero attached hydrogens (tertiary/aromatic N) is 6. The Morgan fingerprint density at radius 2 is 1.87 bits per heavy atom. The van der Waals surface area contributed by atoms with Crippen molar-refractivity contribution < 1.29 is 18.7 Å². The highest BCUT2D eigenvalue weighted by Crippen LogP contribution is 2.36. The number of methoxy groups -OCH3 is 1. The molecule has 12 nitrogen and oxygen atoms in total. The summed E-state index contributed by atoms with van der Waals surface area (Å²) in [7, 11) is 1.48. The van der Waals surface area contributed by atoms with E-state index in [-0.39, 0.29) is 29.8 Å². The number of hydrogen-bond donors (Lipinski definition) is 1. The highest BCUT2D eigenvalue weighted by Gasteiger charge is 2.36. The second kappa shape index (κ2) is 13.8. The Balaban J connectivity index is 1.69. The minimum atomic E-state index is -1.57. The number of nitriles is 1. The molecule has 47 heavy (non-hydrogen) atoms. The molecule has 0 bridgehead atoms. The van der Waals surface area contributed by atoms with Crippen LogP contribution in [0.2, 0.25) is 0 Å². The number of rotatable bonds is 11. The first-order chi connectivity index (χ1) is 22.4. The summed E-state index contributed by atoms with van der Waals surface area (Å²) >= 11 is 1.17. The number of ether oxygens (including phenoxy) is 2. The number of benzene rings is 1. The molecule has 1 N–H and O–H groups in total. The summed E-state index contributed by atoms with van der Waals surface area (Å²) in [6, 6.07) is 6.24. The van der Waals surface area contributed by atoms with Gasteiger partial charge in [0.25, 0.3) is 5.56 Å². The van der Waals surface area contributed by atoms with Crippen LogP contribution in [0.5, 0.6) is 5.75 Å². The van der Waals surface area contributed by atoms with Crippen LogP contribution in [-0.4, -0.2) is 49.8 Å². The Labute approximate surface area is 275 Å². The summed E-state index contributed by atoms with van der Waals surface area (Å²) < 4.78 is 29.3. The van der Waals surface area contributed by atoms with Gasteiger partial charge in [0.1, 0.15) is 33.0 Å². The summed E-state index contributed by atoms with van der Waals surface area (Å²) in [5, 5.41) is 21.4. The van der Waals surface area contributed by atoms with Gasteiger partial charge in [-0.3, -0.25) is 14.2 Å². The van der Waals surface area contributed by atoms with Crippen molar-refractivity contribution in [1.29, 1.82) is 5.26 Å². The van der Waals surface area contributed by atoms with Crippen molar-refractivity contribution in [3.8, 4) is 16.8 Å². The van der Waals surface area contributed by atoms with E-state index < -0.39 is 34.6 Å². The van der Waals surface area contributed by atoms with Gasteiger partial charge in [0.15, 0.2) is 0 Å². The lowest BCUT2D eigenvalue weighted by Crippen LogP contribution is -2.56. The van der Waals surface area contributed by atoms with Crippen LogP contribution < -0.4 is 21.3 Å². The SMILES string of the molecule is COc1ccc(F)cc1[C@H](Cn1c(=O)n(C(C)(C)C(=O)NC(C)C)c(=O)c2c(C)c(-n3nccn3)sc21)OCC1CCC(C#N)CC1. The Bertz CT molecular complexity index is 1910. The predicted octanol–water partition coefficient (Wildman–Crippen LogP) is 4.61. The van der Waals surface area contributed by atoms with E-state index in [4.69, 9.17) is 9.47 Å². The van der Waals surface area contributed by atoms with Gasteiger partial charge < -0.3 is 14.8 Å². The van der Waals surface area contributed by atoms with Gasteiger partial charge in [-0.15, -0.1) is 4.80 Å². The quantitative estimate of drug-likeness (QED) is 0.245. The van der Waals surface area contributed by atoms with E-state index in [1.807, 2.05) is 0 Å². The van der Waals surface area contributed by atoms with Gasteiger partial charge in [-0.05, 0) is 84.4 Å². The largest absolute Gasteiger partial charge is 0.496 e. The average Bonchev–Trinajstić information content (AvgIpc) is 3.69. The lowest BCUT2D eigenvalue weighted by Gasteiger charge is -2.30. The molecule has 1 aliphatic carbocycles. The van der Waals surface area contributed by atoms with Crippen molar-refractivity contribution in [1.82, 2.24) is 29.4 Å². The van der Waals surface area contributed by atoms with Gasteiger partial charge in [0.05, 0.1) is 44.1 Å². The molecule has 4 aromatic rings. The maximum atomic E-state index is 14.8. The summed E-state index contributed by atoms with van der Waals surface area (Å²) in [5.41, 5.74) is -1.96. The average molecular weight is 666 g/mol. The van der Waals surface area contributed by atoms with Crippen molar-refractivity contribution in [2.75, 3.05) is 13.7 Å². The smallest absolute Gasteiger partial charge is 0.333 e. The first kappa shape index (κ1) is 34.0. The van der Waals surface area contributed by atoms with Crippen LogP contribution in [-0.2, 0) is 21.6 Å². The molecule has 1 fully saturated rings. The molecule has 5 rings (SSSR count). The molecule has 1 amide bonds. The zero-order valence-corrected chi connectivity index (χ0v) is 28.3. The molecule has 3 heterocycles. The van der Waals surface area contributed by atoms with Crippen LogP contribution in [0.15, 0.2) is 40.2 Å². The molecule has 0 aliphatic heterocycles. The lowest BCUT2D eigenvalue weighted by molar-refractivity contribution is -0.129. The van der Waals surface area contributed by atoms with Crippen LogP contribution in [0.1, 0.15) is 70.6 Å². The molecule has 0 unspecified atom stereocenters. The highest BCUT2D eigenvalue weighted by molar-refractivity contribution is 7.21. The van der Waals surface area contributed by atoms with Gasteiger partial charge >= 0.3 is 5.69 Å². The molecule has 14 heteroatoms. The van der Waals surface area contributed by atoms with Crippen molar-refractivity contribution in [3.05, 3.63) is 68.4 Å². The second-order valence-electron chi connectivity index (χ2n) is 12.8. The van der Waals surface area contributed by atoms with Crippen LogP contribution in [0.25, 0.3) is 15.2 Å². The van der Waals surface area contributed by atoms with E-state index in [0.29, 0.717) is 33.3 Å². The van der Waals surface area contributed by atoms with Gasteiger partial charge in [-0.1, -0.05) is 11.3 Å². The third-order valence-electron chi connectivity index (χ3n) is 8.77. The van der Waals surface area contributed by atoms with Crippen LogP contribution in [0, 0.1) is 35.9 Å². The second-order valence-corrected chi connectivity index (χ2v) is 13.8. The zero-order valence-electron chi connectivity index (χ0n) is 27.4. The van der Waals surface area contributed by atoms with E-state index in [1.54, 1.807) is 20.8 Å². The number of halogens is 1. The fourth-order valence-corrected chi connectivity index (χ4v) is 7.33. The molecule has 1 aromatic carbocycles. The van der Waals surface area contributed by atoms with Crippen molar-refractivity contribution in [3.63, 3.8) is 0 Å². The number of hydrogen-bond acceptors (Lipinski definition) is 9. The monoisotopic (exact) mass is 665 g/mol. The van der Waals surface area contributed by atoms with Gasteiger partial charge in [-0.25, -0.2) is 13.8 Å². The molecular formula is C33H40FN7O5S. The fourth-order valence-electron chi connectivity index (χ4n) is 6.11. The van der Waals surface area contributed by atoms with E-state index in [1.165, 1.54) is 72.3 Å². The third kappa shape index (κ3) is 6.73. The molecule has 1 atom stereocenters. The van der Waals surface area contributed by atoms with Crippen molar-refractivity contribution >= 4 is 27.5 Å². The first-order valence-electron chi connectivity index (χ1n) is 15.7. The Kier molecular flexibility index (Phi) is 9.97. The Morgan fingerprint density at radius 3 is 2.49 bits per heavy atom. The summed E-state index contributed by atoms with van der Waals surface area (Å²) in [4.78, 5) is 43.9. The maximum Gasteiger partial charge on any atom is 0.333 e. The molecule has 1 aliphatic rings. The minimum Gasteiger partial charge on any atom is -0.496 e. The van der Waals surface area contributed by atoms with Gasteiger partial charge in [0, 0.05) is 23.1 Å². The number of aryl methyl sites for hydroxylation is 1. The molecule has 0 saturated heterocycles. The number of carbonyl (C=O) groups excluding carboxylic acids is 1. The number of aromatic nitrogens is 5. The van der Waals surface area contributed by atoms with Crippen molar-refractivity contribution in [2.24, 2.45) is 11.8 Å². The van der Waals surface area contributed by atoms with E-state index >= 15 is 0 Å². The van der Waals surface area contributed by atoms with Crippen LogP contribution >= 0.6 is 11.3 Å². The van der Waals surface area contributed by atoms with Crippen LogP contribution in [0.4, 0.5) is 4.39 Å². The fraction of sp³-hybridized carbons (Fsp3) is 0.515. The standard InChI is InChI=1S/C33H40FN7O5S/c1-19(2)38-31(43)33(4,5)40-28(42)27-20(3)29(41-36-13-14-37-41)47-30(27)39(32(40)44)17-26(24-15-23(34)11-12-25(24)45-6)46-18-22-9-7-21(16-35)8-10-22/h11-15,19,21-22,26H,7-10,17-18H2,1-6H3,(H,38,43)/t21?,22?,26-/m0/s1. The number of amides is 1. The Hall–Kier alpha value is -4.35. The topological polar surface area (TPSA) is 146 Å². The number of thiophene rings is 1. The highest BCUT2D eigenvalue weighted by atomic mass is 32.1. The number of carbonyl (C=O) groups is 1. The lowest BCUT2D eigenvalue weighted by atomic mass is 9.83. The maximum absolute atomic E-state index is 14.8. The summed E-state index contributed by atoms with van der Waals surface area (Å²) in [6.07, 6.45) is 5.32. The van der Waals surface area contributed by atoms with E-state index in [9.17, 15) is 24.0 Å². The molecule has 0 spiro atoms. The molecular weight excluding hydrogens is 625 g/mol. The summed E-state index contributed by atoms with van der Waals surface area (Å²) in [6.45, 7) is 8.61. The number of nitrogens with one attached hydrogen (secondary N) is 1. The van der Waals surface area contributed by atoms with Gasteiger partial charge in [-0.2, -0.15) is 15.5 Å². The number of fused-ring (bicyclic) bond motifs is 1. The van der Waals surface area contributed by atoms with E-state index in [2.05, 4.69) is 21.6 Å². The first-order valence-corrected chi connectivity index (χ1v) is 16.5. The van der Waals surface area contributed by atoms with Crippen LogP contribution in [0.3, 0.4) is 0 Å². The zero-order chi connectivity index (χ0) is 34.0. The molecule has 1 saturated carbocycles. The Morgan fingerprint density at radius 1 is 1.19 bits per heavy atom. The van der Waals surface area contributed by atoms with Crippen molar-refractivity contribution in [2.45, 2.75) is 84.5 Å². The minimum absolute atomic E-state index is 0.0232. The molecule has 3 aromatic heterocycles.